The maximum absolute atomic E-state index is 12.6. The highest BCUT2D eigenvalue weighted by Gasteiger charge is 2.34. The first-order valence-electron chi connectivity index (χ1n) is 5.29. The van der Waals surface area contributed by atoms with E-state index in [1.807, 2.05) is 0 Å². The summed E-state index contributed by atoms with van der Waals surface area (Å²) in [6.07, 6.45) is -3.69. The third-order valence-corrected chi connectivity index (χ3v) is 2.64. The lowest BCUT2D eigenvalue weighted by molar-refractivity contribution is -0.141. The van der Waals surface area contributed by atoms with Crippen LogP contribution in [0.2, 0.25) is 0 Å². The fourth-order valence-electron chi connectivity index (χ4n) is 1.81. The van der Waals surface area contributed by atoms with Crippen molar-refractivity contribution in [2.45, 2.75) is 25.6 Å². The predicted octanol–water partition coefficient (Wildman–Crippen LogP) is 1.34. The minimum atomic E-state index is -4.44. The second-order valence-electron chi connectivity index (χ2n) is 4.19. The molecule has 2 rings (SSSR count). The molecule has 1 aliphatic heterocycles. The van der Waals surface area contributed by atoms with Crippen molar-refractivity contribution in [2.24, 2.45) is 5.73 Å². The summed E-state index contributed by atoms with van der Waals surface area (Å²) in [5.41, 5.74) is 5.11. The third-order valence-electron chi connectivity index (χ3n) is 2.64. The maximum atomic E-state index is 12.6. The van der Waals surface area contributed by atoms with E-state index in [1.165, 1.54) is 6.92 Å². The molecular weight excluding hydrogens is 233 g/mol. The van der Waals surface area contributed by atoms with E-state index in [0.717, 1.165) is 12.5 Å². The van der Waals surface area contributed by atoms with Crippen LogP contribution in [0.1, 0.15) is 17.8 Å². The topological polar surface area (TPSA) is 55.0 Å². The van der Waals surface area contributed by atoms with Gasteiger partial charge in [0.25, 0.3) is 0 Å². The van der Waals surface area contributed by atoms with E-state index in [0.29, 0.717) is 18.8 Å². The first kappa shape index (κ1) is 12.1. The highest BCUT2D eigenvalue weighted by Crippen LogP contribution is 2.29. The first-order chi connectivity index (χ1) is 7.86. The van der Waals surface area contributed by atoms with Crippen LogP contribution in [0.4, 0.5) is 19.1 Å². The molecule has 1 unspecified atom stereocenters. The zero-order valence-electron chi connectivity index (χ0n) is 9.33. The Morgan fingerprint density at radius 3 is 2.65 bits per heavy atom. The van der Waals surface area contributed by atoms with E-state index in [1.54, 1.807) is 4.90 Å². The molecule has 7 heteroatoms. The van der Waals surface area contributed by atoms with Gasteiger partial charge in [-0.3, -0.25) is 0 Å². The van der Waals surface area contributed by atoms with E-state index in [9.17, 15) is 13.2 Å². The largest absolute Gasteiger partial charge is 0.433 e. The SMILES string of the molecule is Cc1cc(C(F)(F)F)nc(N2CCC(N)C2)n1. The standard InChI is InChI=1S/C10H13F3N4/c1-6-4-8(10(11,12)13)16-9(15-6)17-3-2-7(14)5-17/h4,7H,2-3,5,14H2,1H3. The van der Waals surface area contributed by atoms with Crippen molar-refractivity contribution in [1.29, 1.82) is 0 Å². The molecule has 4 nitrogen and oxygen atoms in total. The van der Waals surface area contributed by atoms with Gasteiger partial charge < -0.3 is 10.6 Å². The molecule has 2 N–H and O–H groups in total. The van der Waals surface area contributed by atoms with Gasteiger partial charge in [-0.15, -0.1) is 0 Å². The van der Waals surface area contributed by atoms with Crippen LogP contribution in [0.15, 0.2) is 6.07 Å². The second-order valence-corrected chi connectivity index (χ2v) is 4.19. The summed E-state index contributed by atoms with van der Waals surface area (Å²) in [7, 11) is 0. The van der Waals surface area contributed by atoms with Crippen LogP contribution in [-0.4, -0.2) is 29.1 Å². The van der Waals surface area contributed by atoms with Gasteiger partial charge in [-0.05, 0) is 19.4 Å². The predicted molar refractivity (Wildman–Crippen MR) is 56.6 cm³/mol. The van der Waals surface area contributed by atoms with Gasteiger partial charge in [0.15, 0.2) is 0 Å². The van der Waals surface area contributed by atoms with Crippen LogP contribution in [0.3, 0.4) is 0 Å². The molecule has 1 atom stereocenters. The third kappa shape index (κ3) is 2.66. The van der Waals surface area contributed by atoms with Crippen molar-refractivity contribution >= 4 is 5.95 Å². The van der Waals surface area contributed by atoms with Crippen molar-refractivity contribution in [3.05, 3.63) is 17.5 Å². The normalized spacial score (nSPS) is 21.0. The molecule has 0 aromatic carbocycles. The van der Waals surface area contributed by atoms with Crippen LogP contribution in [0, 0.1) is 6.92 Å². The lowest BCUT2D eigenvalue weighted by Crippen LogP contribution is -2.28. The van der Waals surface area contributed by atoms with Gasteiger partial charge in [0.1, 0.15) is 5.69 Å². The number of aromatic nitrogens is 2. The summed E-state index contributed by atoms with van der Waals surface area (Å²) in [6, 6.07) is 0.924. The van der Waals surface area contributed by atoms with E-state index in [2.05, 4.69) is 9.97 Å². The first-order valence-corrected chi connectivity index (χ1v) is 5.29. The molecule has 1 fully saturated rings. The Balaban J connectivity index is 2.32. The van der Waals surface area contributed by atoms with Crippen LogP contribution in [0.25, 0.3) is 0 Å². The van der Waals surface area contributed by atoms with Crippen LogP contribution < -0.4 is 10.6 Å². The minimum absolute atomic E-state index is 0.0200. The number of nitrogens with zero attached hydrogens (tertiary/aromatic N) is 3. The van der Waals surface area contributed by atoms with E-state index in [4.69, 9.17) is 5.73 Å². The van der Waals surface area contributed by atoms with E-state index in [-0.39, 0.29) is 12.0 Å². The summed E-state index contributed by atoms with van der Waals surface area (Å²) < 4.78 is 37.7. The summed E-state index contributed by atoms with van der Waals surface area (Å²) in [4.78, 5) is 9.27. The number of nitrogens with two attached hydrogens (primary N) is 1. The fraction of sp³-hybridized carbons (Fsp3) is 0.600. The molecule has 1 aromatic heterocycles. The molecule has 17 heavy (non-hydrogen) atoms. The van der Waals surface area contributed by atoms with Gasteiger partial charge in [0.05, 0.1) is 0 Å². The summed E-state index contributed by atoms with van der Waals surface area (Å²) >= 11 is 0. The number of halogens is 3. The van der Waals surface area contributed by atoms with Crippen LogP contribution in [0.5, 0.6) is 0 Å². The van der Waals surface area contributed by atoms with Crippen LogP contribution >= 0.6 is 0 Å². The molecular formula is C10H13F3N4. The Morgan fingerprint density at radius 2 is 2.12 bits per heavy atom. The Morgan fingerprint density at radius 1 is 1.41 bits per heavy atom. The van der Waals surface area contributed by atoms with Gasteiger partial charge in [-0.1, -0.05) is 0 Å². The number of aryl methyl sites for hydroxylation is 1. The molecule has 1 aromatic rings. The van der Waals surface area contributed by atoms with Crippen molar-refractivity contribution in [3.63, 3.8) is 0 Å². The van der Waals surface area contributed by atoms with Gasteiger partial charge in [0.2, 0.25) is 5.95 Å². The fourth-order valence-corrected chi connectivity index (χ4v) is 1.81. The van der Waals surface area contributed by atoms with Gasteiger partial charge >= 0.3 is 6.18 Å². The number of alkyl halides is 3. The molecule has 1 saturated heterocycles. The quantitative estimate of drug-likeness (QED) is 0.812. The van der Waals surface area contributed by atoms with Gasteiger partial charge in [0, 0.05) is 24.8 Å². The van der Waals surface area contributed by atoms with E-state index < -0.39 is 11.9 Å². The molecule has 0 spiro atoms. The van der Waals surface area contributed by atoms with Crippen molar-refractivity contribution in [1.82, 2.24) is 9.97 Å². The Hall–Kier alpha value is -1.37. The molecule has 0 amide bonds. The van der Waals surface area contributed by atoms with Gasteiger partial charge in [-0.25, -0.2) is 9.97 Å². The number of rotatable bonds is 1. The summed E-state index contributed by atoms with van der Waals surface area (Å²) in [5.74, 6) is 0.116. The smallest absolute Gasteiger partial charge is 0.339 e. The molecule has 94 valence electrons. The number of hydrogen-bond donors (Lipinski definition) is 1. The molecule has 0 bridgehead atoms. The highest BCUT2D eigenvalue weighted by molar-refractivity contribution is 5.35. The molecule has 1 aliphatic rings. The Bertz CT molecular complexity index is 419. The average molecular weight is 246 g/mol. The molecule has 0 radical (unpaired) electrons. The summed E-state index contributed by atoms with van der Waals surface area (Å²) in [6.45, 7) is 2.62. The van der Waals surface area contributed by atoms with Crippen molar-refractivity contribution in [3.8, 4) is 0 Å². The van der Waals surface area contributed by atoms with E-state index >= 15 is 0 Å². The minimum Gasteiger partial charge on any atom is -0.339 e. The maximum Gasteiger partial charge on any atom is 0.433 e. The summed E-state index contributed by atoms with van der Waals surface area (Å²) in [5, 5.41) is 0. The molecule has 0 aliphatic carbocycles. The monoisotopic (exact) mass is 246 g/mol. The second kappa shape index (κ2) is 4.14. The van der Waals surface area contributed by atoms with Crippen LogP contribution in [-0.2, 0) is 6.18 Å². The Kier molecular flexibility index (Phi) is 2.94. The average Bonchev–Trinajstić information content (AvgIpc) is 2.62. The number of anilines is 1. The van der Waals surface area contributed by atoms with Crippen molar-refractivity contribution in [2.75, 3.05) is 18.0 Å². The molecule has 2 heterocycles. The van der Waals surface area contributed by atoms with Gasteiger partial charge in [-0.2, -0.15) is 13.2 Å². The zero-order valence-corrected chi connectivity index (χ0v) is 9.33. The lowest BCUT2D eigenvalue weighted by atomic mass is 10.3. The molecule has 0 saturated carbocycles. The zero-order chi connectivity index (χ0) is 12.6. The van der Waals surface area contributed by atoms with Crippen molar-refractivity contribution < 1.29 is 13.2 Å². The lowest BCUT2D eigenvalue weighted by Gasteiger charge is -2.17. The number of hydrogen-bond acceptors (Lipinski definition) is 4. The highest BCUT2D eigenvalue weighted by atomic mass is 19.4. The Labute approximate surface area is 96.7 Å².